The summed E-state index contributed by atoms with van der Waals surface area (Å²) in [6.07, 6.45) is -3.19. The molecule has 1 heterocycles. The molecule has 2 N–H and O–H groups in total. The van der Waals surface area contributed by atoms with Gasteiger partial charge in [0.05, 0.1) is 12.7 Å². The second-order valence-corrected chi connectivity index (χ2v) is 5.04. The maximum absolute atomic E-state index is 12.6. The van der Waals surface area contributed by atoms with Crippen LogP contribution in [0.15, 0.2) is 30.5 Å². The maximum Gasteiger partial charge on any atom is 0.417 e. The summed E-state index contributed by atoms with van der Waals surface area (Å²) in [6, 6.07) is 5.90. The van der Waals surface area contributed by atoms with Crippen LogP contribution < -0.4 is 15.2 Å². The molecule has 8 heteroatoms. The van der Waals surface area contributed by atoms with Gasteiger partial charge >= 0.3 is 6.18 Å². The number of methoxy groups -OCH3 is 1. The molecule has 0 spiro atoms. The zero-order chi connectivity index (χ0) is 17.0. The summed E-state index contributed by atoms with van der Waals surface area (Å²) in [5.41, 5.74) is 5.49. The zero-order valence-electron chi connectivity index (χ0n) is 12.2. The Kier molecular flexibility index (Phi) is 5.33. The lowest BCUT2D eigenvalue weighted by atomic mass is 10.1. The van der Waals surface area contributed by atoms with Crippen LogP contribution in [0.5, 0.6) is 17.4 Å². The van der Waals surface area contributed by atoms with Gasteiger partial charge in [-0.25, -0.2) is 4.98 Å². The molecule has 124 valence electrons. The number of alkyl halides is 3. The third kappa shape index (κ3) is 4.27. The highest BCUT2D eigenvalue weighted by molar-refractivity contribution is 6.31. The van der Waals surface area contributed by atoms with E-state index in [2.05, 4.69) is 4.98 Å². The maximum atomic E-state index is 12.6. The van der Waals surface area contributed by atoms with Crippen LogP contribution in [-0.2, 0) is 12.6 Å². The van der Waals surface area contributed by atoms with Crippen molar-refractivity contribution in [1.29, 1.82) is 0 Å². The number of halogens is 4. The average Bonchev–Trinajstić information content (AvgIpc) is 2.49. The first kappa shape index (κ1) is 17.4. The van der Waals surface area contributed by atoms with E-state index in [9.17, 15) is 13.2 Å². The predicted molar refractivity (Wildman–Crippen MR) is 80.1 cm³/mol. The van der Waals surface area contributed by atoms with Crippen LogP contribution in [0, 0.1) is 0 Å². The van der Waals surface area contributed by atoms with Crippen molar-refractivity contribution < 1.29 is 22.6 Å². The lowest BCUT2D eigenvalue weighted by molar-refractivity contribution is -0.137. The number of rotatable bonds is 5. The van der Waals surface area contributed by atoms with Crippen molar-refractivity contribution >= 4 is 11.6 Å². The van der Waals surface area contributed by atoms with Crippen molar-refractivity contribution in [3.63, 3.8) is 0 Å². The van der Waals surface area contributed by atoms with Gasteiger partial charge in [-0.1, -0.05) is 17.7 Å². The lowest BCUT2D eigenvalue weighted by Gasteiger charge is -2.13. The Hall–Kier alpha value is -1.99. The van der Waals surface area contributed by atoms with E-state index in [1.807, 2.05) is 0 Å². The fourth-order valence-electron chi connectivity index (χ4n) is 1.88. The summed E-state index contributed by atoms with van der Waals surface area (Å²) >= 11 is 5.82. The molecule has 0 aliphatic heterocycles. The summed E-state index contributed by atoms with van der Waals surface area (Å²) in [4.78, 5) is 3.62. The molecule has 0 amide bonds. The molecule has 0 aliphatic carbocycles. The van der Waals surface area contributed by atoms with Crippen LogP contribution in [0.2, 0.25) is 5.02 Å². The van der Waals surface area contributed by atoms with Gasteiger partial charge in [-0.15, -0.1) is 0 Å². The minimum absolute atomic E-state index is 0.135. The van der Waals surface area contributed by atoms with E-state index in [1.165, 1.54) is 7.11 Å². The summed E-state index contributed by atoms with van der Waals surface area (Å²) in [5, 5.41) is -0.243. The Morgan fingerprint density at radius 3 is 2.52 bits per heavy atom. The van der Waals surface area contributed by atoms with Gasteiger partial charge in [0.25, 0.3) is 0 Å². The van der Waals surface area contributed by atoms with Gasteiger partial charge in [-0.2, -0.15) is 13.2 Å². The van der Waals surface area contributed by atoms with Gasteiger partial charge in [-0.05, 0) is 36.7 Å². The smallest absolute Gasteiger partial charge is 0.417 e. The highest BCUT2D eigenvalue weighted by Crippen LogP contribution is 2.37. The molecule has 2 aromatic rings. The number of nitrogens with zero attached hydrogens (tertiary/aromatic N) is 1. The van der Waals surface area contributed by atoms with E-state index in [0.717, 1.165) is 11.6 Å². The normalized spacial score (nSPS) is 11.4. The molecule has 0 atom stereocenters. The minimum atomic E-state index is -4.52. The Morgan fingerprint density at radius 2 is 1.96 bits per heavy atom. The largest absolute Gasteiger partial charge is 0.493 e. The van der Waals surface area contributed by atoms with E-state index in [4.69, 9.17) is 26.8 Å². The summed E-state index contributed by atoms with van der Waals surface area (Å²) in [5.74, 6) is 0.570. The standard InChI is InChI=1S/C15H14ClF3N2O2/c1-22-13-6-9(4-5-20)2-3-12(13)23-14-11(16)7-10(8-21-14)15(17,18)19/h2-3,6-8H,4-5,20H2,1H3. The van der Waals surface area contributed by atoms with E-state index in [0.29, 0.717) is 30.7 Å². The van der Waals surface area contributed by atoms with Crippen molar-refractivity contribution in [2.24, 2.45) is 5.73 Å². The summed E-state index contributed by atoms with van der Waals surface area (Å²) in [7, 11) is 1.45. The number of nitrogens with two attached hydrogens (primary N) is 1. The molecule has 0 radical (unpaired) electrons. The predicted octanol–water partition coefficient (Wildman–Crippen LogP) is 4.06. The van der Waals surface area contributed by atoms with Crippen LogP contribution in [0.3, 0.4) is 0 Å². The number of pyridine rings is 1. The lowest BCUT2D eigenvalue weighted by Crippen LogP contribution is -2.06. The number of aromatic nitrogens is 1. The van der Waals surface area contributed by atoms with Crippen molar-refractivity contribution in [1.82, 2.24) is 4.98 Å². The highest BCUT2D eigenvalue weighted by atomic mass is 35.5. The molecule has 0 unspecified atom stereocenters. The third-order valence-electron chi connectivity index (χ3n) is 3.00. The van der Waals surface area contributed by atoms with E-state index in [-0.39, 0.29) is 10.9 Å². The van der Waals surface area contributed by atoms with Gasteiger partial charge < -0.3 is 15.2 Å². The molecule has 0 saturated carbocycles. The molecule has 0 fully saturated rings. The molecular formula is C15H14ClF3N2O2. The first-order valence-electron chi connectivity index (χ1n) is 6.62. The molecule has 23 heavy (non-hydrogen) atoms. The first-order chi connectivity index (χ1) is 10.8. The van der Waals surface area contributed by atoms with Crippen molar-refractivity contribution in [3.8, 4) is 17.4 Å². The first-order valence-corrected chi connectivity index (χ1v) is 7.00. The molecule has 1 aromatic heterocycles. The van der Waals surface area contributed by atoms with Crippen molar-refractivity contribution in [2.75, 3.05) is 13.7 Å². The minimum Gasteiger partial charge on any atom is -0.493 e. The molecule has 4 nitrogen and oxygen atoms in total. The topological polar surface area (TPSA) is 57.4 Å². The van der Waals surface area contributed by atoms with E-state index in [1.54, 1.807) is 18.2 Å². The van der Waals surface area contributed by atoms with Gasteiger partial charge in [0.2, 0.25) is 5.88 Å². The van der Waals surface area contributed by atoms with Crippen molar-refractivity contribution in [3.05, 3.63) is 46.6 Å². The fourth-order valence-corrected chi connectivity index (χ4v) is 2.08. The van der Waals surface area contributed by atoms with Crippen LogP contribution in [0.4, 0.5) is 13.2 Å². The fraction of sp³-hybridized carbons (Fsp3) is 0.267. The van der Waals surface area contributed by atoms with Gasteiger partial charge in [0.1, 0.15) is 5.02 Å². The van der Waals surface area contributed by atoms with Crippen molar-refractivity contribution in [2.45, 2.75) is 12.6 Å². The second kappa shape index (κ2) is 7.06. The van der Waals surface area contributed by atoms with Gasteiger partial charge in [0, 0.05) is 6.20 Å². The molecule has 0 aliphatic rings. The number of ether oxygens (including phenoxy) is 2. The Morgan fingerprint density at radius 1 is 1.22 bits per heavy atom. The third-order valence-corrected chi connectivity index (χ3v) is 3.27. The SMILES string of the molecule is COc1cc(CCN)ccc1Oc1ncc(C(F)(F)F)cc1Cl. The second-order valence-electron chi connectivity index (χ2n) is 4.63. The molecule has 1 aromatic carbocycles. The van der Waals surface area contributed by atoms with Gasteiger partial charge in [0.15, 0.2) is 11.5 Å². The van der Waals surface area contributed by atoms with Crippen LogP contribution in [0.1, 0.15) is 11.1 Å². The summed E-state index contributed by atoms with van der Waals surface area (Å²) < 4.78 is 48.4. The Balaban J connectivity index is 2.28. The van der Waals surface area contributed by atoms with Crippen LogP contribution >= 0.6 is 11.6 Å². The van der Waals surface area contributed by atoms with E-state index < -0.39 is 11.7 Å². The Labute approximate surface area is 136 Å². The average molecular weight is 347 g/mol. The summed E-state index contributed by atoms with van der Waals surface area (Å²) in [6.45, 7) is 0.482. The number of hydrogen-bond donors (Lipinski definition) is 1. The van der Waals surface area contributed by atoms with Crippen LogP contribution in [-0.4, -0.2) is 18.6 Å². The highest BCUT2D eigenvalue weighted by Gasteiger charge is 2.31. The number of benzene rings is 1. The molecule has 2 rings (SSSR count). The monoisotopic (exact) mass is 346 g/mol. The van der Waals surface area contributed by atoms with E-state index >= 15 is 0 Å². The molecule has 0 saturated heterocycles. The Bertz CT molecular complexity index is 693. The quantitative estimate of drug-likeness (QED) is 0.887. The zero-order valence-corrected chi connectivity index (χ0v) is 12.9. The van der Waals surface area contributed by atoms with Gasteiger partial charge in [-0.3, -0.25) is 0 Å². The van der Waals surface area contributed by atoms with Crippen LogP contribution in [0.25, 0.3) is 0 Å². The number of hydrogen-bond acceptors (Lipinski definition) is 4. The molecule has 0 bridgehead atoms. The molecular weight excluding hydrogens is 333 g/mol.